The van der Waals surface area contributed by atoms with Crippen molar-refractivity contribution >= 4 is 34.8 Å². The Morgan fingerprint density at radius 1 is 0.507 bits per heavy atom. The van der Waals surface area contributed by atoms with Gasteiger partial charge in [0.15, 0.2) is 34.5 Å². The van der Waals surface area contributed by atoms with Gasteiger partial charge >= 0.3 is 5.69 Å². The number of nitrogens with zero attached hydrogens (tertiary/aromatic N) is 4. The molecule has 2 aromatic heterocycles. The van der Waals surface area contributed by atoms with E-state index in [1.807, 2.05) is 0 Å². The second-order valence-electron chi connectivity index (χ2n) is 17.8. The molecule has 2 aromatic carbocycles. The molecule has 0 fully saturated rings. The van der Waals surface area contributed by atoms with E-state index in [-0.39, 0.29) is 17.1 Å². The summed E-state index contributed by atoms with van der Waals surface area (Å²) >= 11 is 0. The van der Waals surface area contributed by atoms with Gasteiger partial charge in [-0.25, -0.2) is 4.79 Å². The summed E-state index contributed by atoms with van der Waals surface area (Å²) in [5.41, 5.74) is -0.497. The number of unbranched alkanes of at least 4 members (excludes halogenated alkanes) is 20. The standard InChI is InChI=1S/C54H82N4O9/c1-7-11-15-19-23-27-31-63-46-35-41-45(38-49(46)66-34-30-26-22-18-14-10-4)67-50(51(41)59)40-56-44-37-48(65-33-29-25-21-17-13-9-3)47(64-32-28-24-20-16-12-8-2)36-43(44)55-39-42-52(60)57(5)54(62)58(6)53(42)61/h35-40,59-60H,7-34H2,1-6H3. The van der Waals surface area contributed by atoms with E-state index in [4.69, 9.17) is 28.4 Å². The van der Waals surface area contributed by atoms with Crippen LogP contribution >= 0.6 is 0 Å². The van der Waals surface area contributed by atoms with Gasteiger partial charge in [0.1, 0.15) is 11.1 Å². The van der Waals surface area contributed by atoms with E-state index in [1.54, 1.807) is 24.3 Å². The van der Waals surface area contributed by atoms with Crippen LogP contribution in [0, 0.1) is 0 Å². The lowest BCUT2D eigenvalue weighted by Crippen LogP contribution is -2.38. The van der Waals surface area contributed by atoms with Crippen molar-refractivity contribution < 1.29 is 33.6 Å². The van der Waals surface area contributed by atoms with Crippen molar-refractivity contribution in [2.45, 2.75) is 182 Å². The van der Waals surface area contributed by atoms with Crippen LogP contribution in [0.25, 0.3) is 11.0 Å². The zero-order valence-corrected chi connectivity index (χ0v) is 41.8. The van der Waals surface area contributed by atoms with Gasteiger partial charge in [-0.05, 0) is 31.7 Å². The Kier molecular flexibility index (Phi) is 25.1. The van der Waals surface area contributed by atoms with Crippen LogP contribution in [0.3, 0.4) is 0 Å². The predicted molar refractivity (Wildman–Crippen MR) is 273 cm³/mol. The van der Waals surface area contributed by atoms with Crippen molar-refractivity contribution in [1.29, 1.82) is 0 Å². The molecular weight excluding hydrogens is 849 g/mol. The van der Waals surface area contributed by atoms with Gasteiger partial charge in [-0.3, -0.25) is 23.9 Å². The number of aromatic nitrogens is 2. The molecular formula is C54H82N4O9. The molecule has 0 atom stereocenters. The van der Waals surface area contributed by atoms with Gasteiger partial charge in [-0.1, -0.05) is 156 Å². The fourth-order valence-corrected chi connectivity index (χ4v) is 7.89. The minimum Gasteiger partial charge on any atom is -0.504 e. The van der Waals surface area contributed by atoms with Crippen molar-refractivity contribution in [1.82, 2.24) is 9.13 Å². The summed E-state index contributed by atoms with van der Waals surface area (Å²) in [6.45, 7) is 10.9. The minimum absolute atomic E-state index is 0.104. The van der Waals surface area contributed by atoms with E-state index in [0.717, 1.165) is 73.3 Å². The fourth-order valence-electron chi connectivity index (χ4n) is 7.89. The first-order chi connectivity index (χ1) is 32.6. The maximum Gasteiger partial charge on any atom is 0.333 e. The average molecular weight is 931 g/mol. The first-order valence-corrected chi connectivity index (χ1v) is 25.7. The van der Waals surface area contributed by atoms with Gasteiger partial charge in [0.05, 0.1) is 49.4 Å². The Morgan fingerprint density at radius 2 is 0.881 bits per heavy atom. The van der Waals surface area contributed by atoms with E-state index in [2.05, 4.69) is 32.7 Å². The first-order valence-electron chi connectivity index (χ1n) is 25.7. The molecule has 0 amide bonds. The van der Waals surface area contributed by atoms with Crippen LogP contribution in [0.2, 0.25) is 0 Å². The molecule has 4 aromatic rings. The second kappa shape index (κ2) is 31.0. The number of aliphatic imine (C=N–C) groups is 2. The van der Waals surface area contributed by atoms with E-state index in [1.165, 1.54) is 116 Å². The number of hydrogen-bond acceptors (Lipinski definition) is 11. The fraction of sp³-hybridized carbons (Fsp3) is 0.630. The summed E-state index contributed by atoms with van der Waals surface area (Å²) in [5, 5.41) is 22.9. The highest BCUT2D eigenvalue weighted by Crippen LogP contribution is 2.42. The Labute approximate surface area is 399 Å². The summed E-state index contributed by atoms with van der Waals surface area (Å²) in [5.74, 6) is 1.57. The SMILES string of the molecule is CCCCCCCCOc1cc(N=Cc2oc3cc(OCCCCCCCC)c(OCCCCCCCC)cc3c2O)c(N=Cc2c(O)n(C)c(=O)n(C)c2=O)cc1OCCCCCCCC. The molecule has 0 aliphatic heterocycles. The predicted octanol–water partition coefficient (Wildman–Crippen LogP) is 13.7. The van der Waals surface area contributed by atoms with Crippen LogP contribution in [-0.2, 0) is 14.1 Å². The lowest BCUT2D eigenvalue weighted by atomic mass is 10.1. The van der Waals surface area contributed by atoms with Crippen molar-refractivity contribution in [3.63, 3.8) is 0 Å². The molecule has 372 valence electrons. The number of furan rings is 1. The number of rotatable bonds is 36. The second-order valence-corrected chi connectivity index (χ2v) is 17.8. The third-order valence-electron chi connectivity index (χ3n) is 12.1. The smallest absolute Gasteiger partial charge is 0.333 e. The summed E-state index contributed by atoms with van der Waals surface area (Å²) < 4.78 is 33.5. The van der Waals surface area contributed by atoms with E-state index >= 15 is 0 Å². The Bertz CT molecular complexity index is 2240. The highest BCUT2D eigenvalue weighted by atomic mass is 16.5. The maximum atomic E-state index is 13.2. The summed E-state index contributed by atoms with van der Waals surface area (Å²) in [7, 11) is 2.72. The summed E-state index contributed by atoms with van der Waals surface area (Å²) in [4.78, 5) is 35.1. The quantitative estimate of drug-likeness (QED) is 0.0334. The molecule has 13 heteroatoms. The van der Waals surface area contributed by atoms with Crippen LogP contribution in [0.4, 0.5) is 11.4 Å². The van der Waals surface area contributed by atoms with Crippen LogP contribution in [-0.4, -0.2) is 58.2 Å². The Balaban J connectivity index is 1.72. The largest absolute Gasteiger partial charge is 0.504 e. The molecule has 0 saturated carbocycles. The molecule has 0 unspecified atom stereocenters. The van der Waals surface area contributed by atoms with Crippen molar-refractivity contribution in [2.75, 3.05) is 26.4 Å². The van der Waals surface area contributed by atoms with Gasteiger partial charge < -0.3 is 33.6 Å². The van der Waals surface area contributed by atoms with Gasteiger partial charge in [0.25, 0.3) is 5.56 Å². The van der Waals surface area contributed by atoms with Crippen molar-refractivity contribution in [3.8, 4) is 34.6 Å². The number of aromatic hydroxyl groups is 2. The number of benzene rings is 2. The van der Waals surface area contributed by atoms with Crippen LogP contribution in [0.5, 0.6) is 34.6 Å². The van der Waals surface area contributed by atoms with Crippen molar-refractivity contribution in [3.05, 3.63) is 56.4 Å². The zero-order valence-electron chi connectivity index (χ0n) is 41.8. The Hall–Kier alpha value is -5.20. The molecule has 0 aliphatic rings. The molecule has 2 N–H and O–H groups in total. The molecule has 0 aliphatic carbocycles. The molecule has 2 heterocycles. The Morgan fingerprint density at radius 3 is 1.31 bits per heavy atom. The zero-order chi connectivity index (χ0) is 48.2. The number of ether oxygens (including phenoxy) is 4. The van der Waals surface area contributed by atoms with E-state index in [9.17, 15) is 19.8 Å². The first kappa shape index (κ1) is 54.4. The molecule has 67 heavy (non-hydrogen) atoms. The highest BCUT2D eigenvalue weighted by molar-refractivity contribution is 5.97. The molecule has 4 rings (SSSR count). The monoisotopic (exact) mass is 931 g/mol. The maximum absolute atomic E-state index is 13.2. The minimum atomic E-state index is -0.703. The summed E-state index contributed by atoms with van der Waals surface area (Å²) in [6.07, 6.45) is 29.6. The third-order valence-corrected chi connectivity index (χ3v) is 12.1. The van der Waals surface area contributed by atoms with Crippen LogP contribution in [0.1, 0.15) is 193 Å². The number of hydrogen-bond donors (Lipinski definition) is 2. The van der Waals surface area contributed by atoms with Crippen LogP contribution < -0.4 is 30.2 Å². The average Bonchev–Trinajstić information content (AvgIpc) is 3.64. The third kappa shape index (κ3) is 17.8. The molecule has 0 radical (unpaired) electrons. The number of fused-ring (bicyclic) bond motifs is 1. The van der Waals surface area contributed by atoms with Gasteiger partial charge in [0.2, 0.25) is 5.88 Å². The highest BCUT2D eigenvalue weighted by Gasteiger charge is 2.19. The van der Waals surface area contributed by atoms with E-state index < -0.39 is 17.1 Å². The van der Waals surface area contributed by atoms with Gasteiger partial charge in [0, 0.05) is 38.5 Å². The lowest BCUT2D eigenvalue weighted by Gasteiger charge is -2.15. The van der Waals surface area contributed by atoms with Gasteiger partial charge in [-0.15, -0.1) is 0 Å². The topological polar surface area (TPSA) is 159 Å². The summed E-state index contributed by atoms with van der Waals surface area (Å²) in [6, 6.07) is 7.00. The molecule has 0 spiro atoms. The van der Waals surface area contributed by atoms with E-state index in [0.29, 0.717) is 71.8 Å². The van der Waals surface area contributed by atoms with Crippen molar-refractivity contribution in [2.24, 2.45) is 24.1 Å². The molecule has 0 bridgehead atoms. The molecule has 0 saturated heterocycles. The normalized spacial score (nSPS) is 11.7. The lowest BCUT2D eigenvalue weighted by molar-refractivity contribution is 0.258. The van der Waals surface area contributed by atoms with Crippen LogP contribution in [0.15, 0.2) is 48.3 Å². The molecule has 13 nitrogen and oxygen atoms in total. The van der Waals surface area contributed by atoms with Gasteiger partial charge in [-0.2, -0.15) is 0 Å².